The fourth-order valence-electron chi connectivity index (χ4n) is 7.47. The van der Waals surface area contributed by atoms with E-state index in [0.29, 0.717) is 29.1 Å². The van der Waals surface area contributed by atoms with Crippen LogP contribution in [-0.2, 0) is 13.1 Å². The Morgan fingerprint density at radius 3 is 2.70 bits per heavy atom. The maximum absolute atomic E-state index is 13.8. The predicted octanol–water partition coefficient (Wildman–Crippen LogP) is 3.64. The van der Waals surface area contributed by atoms with Gasteiger partial charge in [0.1, 0.15) is 16.9 Å². The first kappa shape index (κ1) is 24.4. The zero-order chi connectivity index (χ0) is 27.0. The van der Waals surface area contributed by atoms with Crippen molar-refractivity contribution in [3.8, 4) is 17.3 Å². The van der Waals surface area contributed by atoms with Gasteiger partial charge in [-0.1, -0.05) is 0 Å². The van der Waals surface area contributed by atoms with Crippen LogP contribution in [0.5, 0.6) is 5.75 Å². The molecular weight excluding hydrogens is 502 g/mol. The highest BCUT2D eigenvalue weighted by Crippen LogP contribution is 2.40. The largest absolute Gasteiger partial charge is 0.494 e. The number of imidazole rings is 1. The van der Waals surface area contributed by atoms with E-state index < -0.39 is 0 Å². The van der Waals surface area contributed by atoms with Gasteiger partial charge < -0.3 is 29.8 Å². The maximum Gasteiger partial charge on any atom is 0.254 e. The summed E-state index contributed by atoms with van der Waals surface area (Å²) >= 11 is 0. The number of carbonyl (C=O) groups is 1. The number of likely N-dealkylation sites (tertiary alicyclic amines) is 1. The number of amides is 1. The van der Waals surface area contributed by atoms with Crippen LogP contribution in [0.4, 0.5) is 0 Å². The fraction of sp³-hybridized carbons (Fsp3) is 0.516. The van der Waals surface area contributed by atoms with E-state index in [4.69, 9.17) is 20.4 Å². The molecule has 208 valence electrons. The average Bonchev–Trinajstić information content (AvgIpc) is 3.34. The monoisotopic (exact) mass is 539 g/mol. The van der Waals surface area contributed by atoms with Gasteiger partial charge in [-0.05, 0) is 93.3 Å². The van der Waals surface area contributed by atoms with Gasteiger partial charge in [-0.25, -0.2) is 9.97 Å². The zero-order valence-corrected chi connectivity index (χ0v) is 23.1. The van der Waals surface area contributed by atoms with Crippen LogP contribution in [0.25, 0.3) is 33.6 Å². The lowest BCUT2D eigenvalue weighted by atomic mass is 10.1. The number of nitrogens with two attached hydrogens (primary N) is 1. The summed E-state index contributed by atoms with van der Waals surface area (Å²) in [6.45, 7) is 4.55. The summed E-state index contributed by atoms with van der Waals surface area (Å²) in [7, 11) is 1.69. The van der Waals surface area contributed by atoms with Gasteiger partial charge in [0.05, 0.1) is 18.3 Å². The molecule has 2 aliphatic heterocycles. The van der Waals surface area contributed by atoms with Crippen molar-refractivity contribution in [1.29, 1.82) is 0 Å². The lowest BCUT2D eigenvalue weighted by molar-refractivity contribution is 0.0700. The van der Waals surface area contributed by atoms with Crippen molar-refractivity contribution < 1.29 is 9.53 Å². The average molecular weight is 540 g/mol. The molecule has 4 aromatic rings. The number of nitrogens with one attached hydrogen (secondary N) is 1. The zero-order valence-electron chi connectivity index (χ0n) is 23.1. The maximum atomic E-state index is 13.8. The first-order valence-electron chi connectivity index (χ1n) is 14.9. The number of rotatable bonds is 7. The first-order valence-corrected chi connectivity index (χ1v) is 14.9. The van der Waals surface area contributed by atoms with Crippen LogP contribution < -0.4 is 15.8 Å². The van der Waals surface area contributed by atoms with E-state index in [-0.39, 0.29) is 18.0 Å². The molecule has 1 amide bonds. The van der Waals surface area contributed by atoms with Gasteiger partial charge in [0.2, 0.25) is 0 Å². The van der Waals surface area contributed by atoms with E-state index >= 15 is 0 Å². The molecule has 40 heavy (non-hydrogen) atoms. The summed E-state index contributed by atoms with van der Waals surface area (Å²) in [4.78, 5) is 25.8. The number of ether oxygens (including phenoxy) is 1. The smallest absolute Gasteiger partial charge is 0.254 e. The third-order valence-corrected chi connectivity index (χ3v) is 9.81. The molecule has 2 aliphatic carbocycles. The second-order valence-corrected chi connectivity index (χ2v) is 12.4. The number of pyridine rings is 1. The molecule has 3 N–H and O–H groups in total. The van der Waals surface area contributed by atoms with Crippen molar-refractivity contribution in [2.24, 2.45) is 23.5 Å². The molecule has 2 saturated carbocycles. The Balaban J connectivity index is 1.29. The first-order chi connectivity index (χ1) is 19.6. The minimum atomic E-state index is 0.0333. The molecule has 5 heterocycles. The summed E-state index contributed by atoms with van der Waals surface area (Å²) < 4.78 is 10.7. The summed E-state index contributed by atoms with van der Waals surface area (Å²) in [5.41, 5.74) is 10.9. The van der Waals surface area contributed by atoms with Gasteiger partial charge in [-0.15, -0.1) is 0 Å². The highest BCUT2D eigenvalue weighted by atomic mass is 16.5. The molecule has 2 bridgehead atoms. The Labute approximate surface area is 233 Å². The van der Waals surface area contributed by atoms with E-state index in [1.807, 2.05) is 29.3 Å². The molecule has 9 heteroatoms. The fourth-order valence-corrected chi connectivity index (χ4v) is 7.47. The van der Waals surface area contributed by atoms with E-state index in [9.17, 15) is 4.79 Å². The lowest BCUT2D eigenvalue weighted by Crippen LogP contribution is -2.41. The topological polar surface area (TPSA) is 103 Å². The van der Waals surface area contributed by atoms with Crippen LogP contribution in [0, 0.1) is 17.8 Å². The molecule has 0 unspecified atom stereocenters. The SMILES string of the molecule is COc1cc(C(=O)N2C[C@H]3CC[C@@H]2[C@@H]3N)cc2nc(-c3cc4cccnc4n3CC3CC3)n(C[C@H]3CCNC3)c12. The second-order valence-electron chi connectivity index (χ2n) is 12.4. The van der Waals surface area contributed by atoms with Crippen LogP contribution in [0.3, 0.4) is 0 Å². The Morgan fingerprint density at radius 1 is 1.10 bits per heavy atom. The third kappa shape index (κ3) is 3.85. The molecule has 8 rings (SSSR count). The van der Waals surface area contributed by atoms with Gasteiger partial charge in [-0.3, -0.25) is 4.79 Å². The van der Waals surface area contributed by atoms with E-state index in [0.717, 1.165) is 85.6 Å². The van der Waals surface area contributed by atoms with Crippen LogP contribution >= 0.6 is 0 Å². The molecule has 0 radical (unpaired) electrons. The van der Waals surface area contributed by atoms with Crippen molar-refractivity contribution in [3.63, 3.8) is 0 Å². The van der Waals surface area contributed by atoms with Crippen molar-refractivity contribution >= 4 is 28.0 Å². The highest BCUT2D eigenvalue weighted by Gasteiger charge is 2.47. The molecule has 4 atom stereocenters. The van der Waals surface area contributed by atoms with Gasteiger partial charge >= 0.3 is 0 Å². The highest BCUT2D eigenvalue weighted by molar-refractivity contribution is 6.00. The number of hydrogen-bond donors (Lipinski definition) is 2. The minimum absolute atomic E-state index is 0.0333. The quantitative estimate of drug-likeness (QED) is 0.372. The summed E-state index contributed by atoms with van der Waals surface area (Å²) in [6, 6.07) is 10.5. The van der Waals surface area contributed by atoms with Gasteiger partial charge in [-0.2, -0.15) is 0 Å². The van der Waals surface area contributed by atoms with Crippen LogP contribution in [-0.4, -0.2) is 68.7 Å². The van der Waals surface area contributed by atoms with Crippen LogP contribution in [0.15, 0.2) is 36.5 Å². The number of hydrogen-bond acceptors (Lipinski definition) is 6. The summed E-state index contributed by atoms with van der Waals surface area (Å²) in [5, 5.41) is 4.65. The van der Waals surface area contributed by atoms with E-state index in [1.165, 1.54) is 12.8 Å². The van der Waals surface area contributed by atoms with Crippen LogP contribution in [0.2, 0.25) is 0 Å². The third-order valence-electron chi connectivity index (χ3n) is 9.81. The number of fused-ring (bicyclic) bond motifs is 4. The van der Waals surface area contributed by atoms with Crippen molar-refractivity contribution in [1.82, 2.24) is 29.3 Å². The molecule has 4 aliphatic rings. The molecule has 4 fully saturated rings. The van der Waals surface area contributed by atoms with Gasteiger partial charge in [0, 0.05) is 48.9 Å². The number of aromatic nitrogens is 4. The lowest BCUT2D eigenvalue weighted by Gasteiger charge is -2.27. The molecule has 0 spiro atoms. The predicted molar refractivity (Wildman–Crippen MR) is 154 cm³/mol. The Kier molecular flexibility index (Phi) is 5.67. The van der Waals surface area contributed by atoms with E-state index in [1.54, 1.807) is 7.11 Å². The Bertz CT molecular complexity index is 1610. The van der Waals surface area contributed by atoms with Gasteiger partial charge in [0.15, 0.2) is 5.82 Å². The number of benzene rings is 1. The van der Waals surface area contributed by atoms with Gasteiger partial charge in [0.25, 0.3) is 5.91 Å². The summed E-state index contributed by atoms with van der Waals surface area (Å²) in [6.07, 6.45) is 7.63. The standard InChI is InChI=1S/C31H37N7O2/c1-40-26-13-22(31(39)37-17-21-6-7-24(37)27(21)32)11-23-28(26)38(16-19-8-10-33-14-19)30(35-23)25-12-20-3-2-9-34-29(20)36(25)15-18-4-5-18/h2-3,9,11-13,18-19,21,24,27,33H,4-8,10,14-17,32H2,1H3/t19-,21+,24+,27+/m0/s1. The van der Waals surface area contributed by atoms with Crippen LogP contribution in [0.1, 0.15) is 42.5 Å². The van der Waals surface area contributed by atoms with Crippen molar-refractivity contribution in [2.45, 2.75) is 57.3 Å². The molecule has 9 nitrogen and oxygen atoms in total. The molecule has 2 saturated heterocycles. The normalized spacial score (nSPS) is 26.0. The number of nitrogens with zero attached hydrogens (tertiary/aromatic N) is 5. The minimum Gasteiger partial charge on any atom is -0.494 e. The van der Waals surface area contributed by atoms with Crippen molar-refractivity contribution in [3.05, 3.63) is 42.1 Å². The molecule has 3 aromatic heterocycles. The summed E-state index contributed by atoms with van der Waals surface area (Å²) in [5.74, 6) is 3.25. The second kappa shape index (κ2) is 9.31. The molecular formula is C31H37N7O2. The van der Waals surface area contributed by atoms with Crippen molar-refractivity contribution in [2.75, 3.05) is 26.7 Å². The number of carbonyl (C=O) groups excluding carboxylic acids is 1. The Morgan fingerprint density at radius 2 is 1.98 bits per heavy atom. The molecule has 1 aromatic carbocycles. The Hall–Kier alpha value is -3.43. The van der Waals surface area contributed by atoms with E-state index in [2.05, 4.69) is 26.6 Å². The number of methoxy groups -OCH3 is 1. The number of piperidine rings is 1.